The van der Waals surface area contributed by atoms with E-state index in [0.717, 1.165) is 0 Å². The number of aryl methyl sites for hydroxylation is 1. The number of carboxylic acid groups (broad SMARTS) is 1. The lowest BCUT2D eigenvalue weighted by Gasteiger charge is -2.29. The third-order valence-corrected chi connectivity index (χ3v) is 3.20. The molecule has 0 saturated carbocycles. The van der Waals surface area contributed by atoms with Crippen LogP contribution in [0.25, 0.3) is 0 Å². The number of hydrogen-bond donors (Lipinski definition) is 2. The Hall–Kier alpha value is -2.18. The molecule has 110 valence electrons. The van der Waals surface area contributed by atoms with Gasteiger partial charge >= 0.3 is 11.7 Å². The maximum Gasteiger partial charge on any atom is 0.348 e. The van der Waals surface area contributed by atoms with Crippen LogP contribution in [-0.4, -0.2) is 26.5 Å². The van der Waals surface area contributed by atoms with E-state index in [-0.39, 0.29) is 12.8 Å². The Balaban J connectivity index is 3.51. The molecule has 0 aliphatic heterocycles. The van der Waals surface area contributed by atoms with E-state index in [1.165, 1.54) is 4.57 Å². The molecular formula is C13H19N3O4. The standard InChI is InChI=1S/C13H19N3O4/c1-7-9(5-11(18)19)8(2)16(12(20)15-7)13(3,4)6-10(14)17/h5-6H2,1-4H3,(H2,14,17)(H,18,19). The van der Waals surface area contributed by atoms with Crippen LogP contribution in [0.15, 0.2) is 4.79 Å². The number of carboxylic acids is 1. The number of aliphatic carboxylic acids is 1. The minimum Gasteiger partial charge on any atom is -0.481 e. The summed E-state index contributed by atoms with van der Waals surface area (Å²) in [6, 6.07) is 0. The first-order chi connectivity index (χ1) is 9.06. The molecule has 0 bridgehead atoms. The first-order valence-electron chi connectivity index (χ1n) is 6.16. The summed E-state index contributed by atoms with van der Waals surface area (Å²) < 4.78 is 1.34. The molecule has 1 rings (SSSR count). The van der Waals surface area contributed by atoms with Crippen LogP contribution in [0.3, 0.4) is 0 Å². The van der Waals surface area contributed by atoms with Gasteiger partial charge in [0.25, 0.3) is 0 Å². The van der Waals surface area contributed by atoms with Gasteiger partial charge in [0.15, 0.2) is 0 Å². The Bertz CT molecular complexity index is 617. The molecule has 7 heteroatoms. The predicted molar refractivity (Wildman–Crippen MR) is 72.4 cm³/mol. The highest BCUT2D eigenvalue weighted by atomic mass is 16.4. The Morgan fingerprint density at radius 2 is 1.90 bits per heavy atom. The van der Waals surface area contributed by atoms with Gasteiger partial charge in [-0.2, -0.15) is 4.98 Å². The molecule has 3 N–H and O–H groups in total. The number of nitrogens with zero attached hydrogens (tertiary/aromatic N) is 2. The zero-order valence-corrected chi connectivity index (χ0v) is 12.1. The van der Waals surface area contributed by atoms with E-state index >= 15 is 0 Å². The van der Waals surface area contributed by atoms with Crippen LogP contribution in [0.1, 0.15) is 37.2 Å². The quantitative estimate of drug-likeness (QED) is 0.794. The van der Waals surface area contributed by atoms with E-state index in [2.05, 4.69) is 4.98 Å². The van der Waals surface area contributed by atoms with Gasteiger partial charge in [0, 0.05) is 23.4 Å². The lowest BCUT2D eigenvalue weighted by Crippen LogP contribution is -2.42. The van der Waals surface area contributed by atoms with Crippen LogP contribution < -0.4 is 11.4 Å². The molecule has 7 nitrogen and oxygen atoms in total. The summed E-state index contributed by atoms with van der Waals surface area (Å²) in [7, 11) is 0. The number of carbonyl (C=O) groups excluding carboxylic acids is 1. The molecule has 0 aromatic carbocycles. The lowest BCUT2D eigenvalue weighted by molar-refractivity contribution is -0.136. The van der Waals surface area contributed by atoms with Crippen molar-refractivity contribution in [2.24, 2.45) is 5.73 Å². The summed E-state index contributed by atoms with van der Waals surface area (Å²) in [6.07, 6.45) is -0.261. The van der Waals surface area contributed by atoms with Gasteiger partial charge in [-0.1, -0.05) is 0 Å². The van der Waals surface area contributed by atoms with Gasteiger partial charge < -0.3 is 10.8 Å². The summed E-state index contributed by atoms with van der Waals surface area (Å²) in [5.74, 6) is -1.54. The van der Waals surface area contributed by atoms with Crippen LogP contribution >= 0.6 is 0 Å². The number of rotatable bonds is 5. The highest BCUT2D eigenvalue weighted by molar-refractivity contribution is 5.74. The van der Waals surface area contributed by atoms with Gasteiger partial charge in [-0.25, -0.2) is 4.79 Å². The summed E-state index contributed by atoms with van der Waals surface area (Å²) in [5.41, 5.74) is 5.19. The molecule has 0 fully saturated rings. The SMILES string of the molecule is Cc1nc(=O)n(C(C)(C)CC(N)=O)c(C)c1CC(=O)O. The third-order valence-electron chi connectivity index (χ3n) is 3.20. The van der Waals surface area contributed by atoms with Crippen molar-refractivity contribution >= 4 is 11.9 Å². The van der Waals surface area contributed by atoms with Crippen molar-refractivity contribution in [3.8, 4) is 0 Å². The van der Waals surface area contributed by atoms with E-state index in [1.807, 2.05) is 0 Å². The molecule has 1 heterocycles. The number of amides is 1. The fourth-order valence-electron chi connectivity index (χ4n) is 2.43. The predicted octanol–water partition coefficient (Wildman–Crippen LogP) is 0.0977. The monoisotopic (exact) mass is 281 g/mol. The van der Waals surface area contributed by atoms with Crippen LogP contribution in [0.5, 0.6) is 0 Å². The van der Waals surface area contributed by atoms with E-state index in [0.29, 0.717) is 17.0 Å². The molecule has 0 unspecified atom stereocenters. The molecule has 0 radical (unpaired) electrons. The van der Waals surface area contributed by atoms with Crippen LogP contribution in [-0.2, 0) is 21.5 Å². The fraction of sp³-hybridized carbons (Fsp3) is 0.538. The van der Waals surface area contributed by atoms with Crippen molar-refractivity contribution in [3.63, 3.8) is 0 Å². The highest BCUT2D eigenvalue weighted by Gasteiger charge is 2.28. The maximum atomic E-state index is 12.1. The highest BCUT2D eigenvalue weighted by Crippen LogP contribution is 2.22. The summed E-state index contributed by atoms with van der Waals surface area (Å²) >= 11 is 0. The second-order valence-corrected chi connectivity index (χ2v) is 5.41. The third kappa shape index (κ3) is 3.23. The lowest BCUT2D eigenvalue weighted by atomic mass is 9.97. The Kier molecular flexibility index (Phi) is 4.32. The van der Waals surface area contributed by atoms with Crippen molar-refractivity contribution in [2.45, 2.75) is 46.1 Å². The Morgan fingerprint density at radius 3 is 2.35 bits per heavy atom. The van der Waals surface area contributed by atoms with E-state index in [9.17, 15) is 14.4 Å². The van der Waals surface area contributed by atoms with Crippen molar-refractivity contribution < 1.29 is 14.7 Å². The summed E-state index contributed by atoms with van der Waals surface area (Å²) in [4.78, 5) is 38.0. The molecule has 0 spiro atoms. The van der Waals surface area contributed by atoms with E-state index < -0.39 is 23.1 Å². The smallest absolute Gasteiger partial charge is 0.348 e. The minimum atomic E-state index is -1.00. The first-order valence-corrected chi connectivity index (χ1v) is 6.16. The van der Waals surface area contributed by atoms with Crippen LogP contribution in [0, 0.1) is 13.8 Å². The van der Waals surface area contributed by atoms with Gasteiger partial charge in [0.1, 0.15) is 0 Å². The van der Waals surface area contributed by atoms with Crippen molar-refractivity contribution in [2.75, 3.05) is 0 Å². The second-order valence-electron chi connectivity index (χ2n) is 5.41. The number of nitrogens with two attached hydrogens (primary N) is 1. The van der Waals surface area contributed by atoms with Gasteiger partial charge in [-0.3, -0.25) is 14.2 Å². The summed E-state index contributed by atoms with van der Waals surface area (Å²) in [5, 5.41) is 8.93. The Morgan fingerprint density at radius 1 is 1.35 bits per heavy atom. The van der Waals surface area contributed by atoms with Crippen molar-refractivity contribution in [3.05, 3.63) is 27.4 Å². The average Bonchev–Trinajstić information content (AvgIpc) is 2.20. The number of carbonyl (C=O) groups is 2. The van der Waals surface area contributed by atoms with Gasteiger partial charge in [-0.05, 0) is 27.7 Å². The molecular weight excluding hydrogens is 262 g/mol. The minimum absolute atomic E-state index is 0.0367. The molecule has 1 amide bonds. The fourth-order valence-corrected chi connectivity index (χ4v) is 2.43. The maximum absolute atomic E-state index is 12.1. The van der Waals surface area contributed by atoms with Crippen LogP contribution in [0.2, 0.25) is 0 Å². The Labute approximate surface area is 116 Å². The molecule has 20 heavy (non-hydrogen) atoms. The molecule has 0 atom stereocenters. The summed E-state index contributed by atoms with van der Waals surface area (Å²) in [6.45, 7) is 6.62. The molecule has 0 aliphatic carbocycles. The van der Waals surface area contributed by atoms with E-state index in [1.54, 1.807) is 27.7 Å². The van der Waals surface area contributed by atoms with Gasteiger partial charge in [0.05, 0.1) is 12.0 Å². The molecule has 0 aliphatic rings. The molecule has 0 saturated heterocycles. The molecule has 1 aromatic heterocycles. The average molecular weight is 281 g/mol. The number of primary amides is 1. The first kappa shape index (κ1) is 15.9. The van der Waals surface area contributed by atoms with Gasteiger partial charge in [0.2, 0.25) is 5.91 Å². The number of aromatic nitrogens is 2. The zero-order chi connectivity index (χ0) is 15.7. The second kappa shape index (κ2) is 5.44. The van der Waals surface area contributed by atoms with Crippen LogP contribution in [0.4, 0.5) is 0 Å². The normalized spacial score (nSPS) is 11.4. The van der Waals surface area contributed by atoms with Crippen molar-refractivity contribution in [1.29, 1.82) is 0 Å². The molecule has 1 aromatic rings. The largest absolute Gasteiger partial charge is 0.481 e. The topological polar surface area (TPSA) is 115 Å². The number of hydrogen-bond acceptors (Lipinski definition) is 4. The van der Waals surface area contributed by atoms with Gasteiger partial charge in [-0.15, -0.1) is 0 Å². The van der Waals surface area contributed by atoms with E-state index in [4.69, 9.17) is 10.8 Å². The zero-order valence-electron chi connectivity index (χ0n) is 12.1. The van der Waals surface area contributed by atoms with Crippen molar-refractivity contribution in [1.82, 2.24) is 9.55 Å².